The molecule has 10 heteroatoms. The Bertz CT molecular complexity index is 1280. The Hall–Kier alpha value is -3.47. The van der Waals surface area contributed by atoms with Crippen LogP contribution in [0.1, 0.15) is 30.9 Å². The molecule has 9 nitrogen and oxygen atoms in total. The number of hydrogen-bond acceptors (Lipinski definition) is 9. The highest BCUT2D eigenvalue weighted by Gasteiger charge is 2.30. The Morgan fingerprint density at radius 2 is 1.70 bits per heavy atom. The number of halogens is 1. The first-order chi connectivity index (χ1) is 19.6. The number of hydroxylamine groups is 1. The lowest BCUT2D eigenvalue weighted by molar-refractivity contribution is 0.0982. The lowest BCUT2D eigenvalue weighted by Gasteiger charge is -2.42. The Morgan fingerprint density at radius 3 is 2.45 bits per heavy atom. The van der Waals surface area contributed by atoms with Gasteiger partial charge in [-0.3, -0.25) is 9.74 Å². The molecule has 1 atom stereocenters. The summed E-state index contributed by atoms with van der Waals surface area (Å²) in [5.41, 5.74) is 2.99. The third-order valence-electron chi connectivity index (χ3n) is 8.37. The van der Waals surface area contributed by atoms with Gasteiger partial charge in [0.15, 0.2) is 5.82 Å². The Kier molecular flexibility index (Phi) is 7.99. The van der Waals surface area contributed by atoms with Gasteiger partial charge in [-0.2, -0.15) is 0 Å². The minimum atomic E-state index is -0.252. The number of anilines is 4. The van der Waals surface area contributed by atoms with Crippen molar-refractivity contribution in [1.82, 2.24) is 19.8 Å². The van der Waals surface area contributed by atoms with E-state index in [2.05, 4.69) is 55.2 Å². The third-order valence-corrected chi connectivity index (χ3v) is 8.37. The number of piperazine rings is 1. The number of nitrogens with one attached hydrogen (secondary N) is 1. The summed E-state index contributed by atoms with van der Waals surface area (Å²) in [4.78, 5) is 22.3. The molecule has 3 saturated heterocycles. The van der Waals surface area contributed by atoms with E-state index in [0.717, 1.165) is 36.5 Å². The Balaban J connectivity index is 1.12. The standard InChI is InChI=1S/C30H38FN7O2/c1-35-14-16-37(17-15-35)24-9-12-36(13-10-24)25-7-8-26(28(19-25)39-2)34-29-20-30(33-21-32-29)38-27(11-18-40-38)22-3-5-23(31)6-4-22/h3-8,19-21,24,27H,9-18H2,1-2H3,(H,32,33,34). The molecular formula is C30H38FN7O2. The highest BCUT2D eigenvalue weighted by atomic mass is 19.1. The molecule has 3 aromatic rings. The monoisotopic (exact) mass is 547 g/mol. The molecule has 1 unspecified atom stereocenters. The van der Waals surface area contributed by atoms with Gasteiger partial charge in [0.25, 0.3) is 0 Å². The summed E-state index contributed by atoms with van der Waals surface area (Å²) in [6.45, 7) is 7.35. The minimum absolute atomic E-state index is 0.0439. The molecule has 3 fully saturated rings. The zero-order valence-corrected chi connectivity index (χ0v) is 23.3. The summed E-state index contributed by atoms with van der Waals surface area (Å²) in [5, 5.41) is 5.18. The first kappa shape index (κ1) is 26.7. The largest absolute Gasteiger partial charge is 0.494 e. The highest BCUT2D eigenvalue weighted by molar-refractivity contribution is 5.70. The number of piperidine rings is 1. The van der Waals surface area contributed by atoms with Crippen LogP contribution in [-0.4, -0.2) is 85.8 Å². The van der Waals surface area contributed by atoms with Gasteiger partial charge in [0.05, 0.1) is 25.4 Å². The van der Waals surface area contributed by atoms with Gasteiger partial charge in [-0.25, -0.2) is 19.4 Å². The molecule has 0 aliphatic carbocycles. The topological polar surface area (TPSA) is 69.2 Å². The van der Waals surface area contributed by atoms with E-state index in [1.54, 1.807) is 24.3 Å². The fourth-order valence-corrected chi connectivity index (χ4v) is 6.01. The van der Waals surface area contributed by atoms with E-state index in [-0.39, 0.29) is 11.9 Å². The second-order valence-corrected chi connectivity index (χ2v) is 10.8. The fraction of sp³-hybridized carbons (Fsp3) is 0.467. The predicted octanol–water partition coefficient (Wildman–Crippen LogP) is 4.47. The summed E-state index contributed by atoms with van der Waals surface area (Å²) in [6.07, 6.45) is 4.69. The van der Waals surface area contributed by atoms with Crippen LogP contribution in [0, 0.1) is 5.82 Å². The smallest absolute Gasteiger partial charge is 0.158 e. The Morgan fingerprint density at radius 1 is 0.925 bits per heavy atom. The maximum atomic E-state index is 13.5. The van der Waals surface area contributed by atoms with Gasteiger partial charge in [-0.1, -0.05) is 12.1 Å². The van der Waals surface area contributed by atoms with Gasteiger partial charge in [0.1, 0.15) is 23.7 Å². The molecule has 4 heterocycles. The first-order valence-corrected chi connectivity index (χ1v) is 14.2. The van der Waals surface area contributed by atoms with Gasteiger partial charge in [0, 0.05) is 69.6 Å². The second-order valence-electron chi connectivity index (χ2n) is 10.8. The van der Waals surface area contributed by atoms with Crippen molar-refractivity contribution in [2.45, 2.75) is 31.3 Å². The first-order valence-electron chi connectivity index (χ1n) is 14.2. The summed E-state index contributed by atoms with van der Waals surface area (Å²) in [5.74, 6) is 1.79. The van der Waals surface area contributed by atoms with Crippen molar-refractivity contribution >= 4 is 23.0 Å². The summed E-state index contributed by atoms with van der Waals surface area (Å²) in [7, 11) is 3.91. The average Bonchev–Trinajstić information content (AvgIpc) is 3.49. The van der Waals surface area contributed by atoms with Crippen molar-refractivity contribution < 1.29 is 14.0 Å². The molecule has 0 saturated carbocycles. The van der Waals surface area contributed by atoms with Crippen LogP contribution < -0.4 is 20.0 Å². The van der Waals surface area contributed by atoms with Crippen molar-refractivity contribution in [2.24, 2.45) is 0 Å². The number of aromatic nitrogens is 2. The average molecular weight is 548 g/mol. The molecule has 212 valence electrons. The van der Waals surface area contributed by atoms with E-state index in [0.29, 0.717) is 24.3 Å². The highest BCUT2D eigenvalue weighted by Crippen LogP contribution is 2.36. The predicted molar refractivity (Wildman–Crippen MR) is 155 cm³/mol. The van der Waals surface area contributed by atoms with Crippen LogP contribution in [0.2, 0.25) is 0 Å². The number of methoxy groups -OCH3 is 1. The molecule has 0 bridgehead atoms. The van der Waals surface area contributed by atoms with Gasteiger partial charge in [0.2, 0.25) is 0 Å². The summed E-state index contributed by atoms with van der Waals surface area (Å²) >= 11 is 0. The fourth-order valence-electron chi connectivity index (χ4n) is 6.01. The van der Waals surface area contributed by atoms with Crippen molar-refractivity contribution in [3.05, 3.63) is 66.2 Å². The molecule has 1 aromatic heterocycles. The van der Waals surface area contributed by atoms with Crippen molar-refractivity contribution in [3.8, 4) is 5.75 Å². The molecule has 0 radical (unpaired) electrons. The van der Waals surface area contributed by atoms with Crippen molar-refractivity contribution in [1.29, 1.82) is 0 Å². The molecule has 40 heavy (non-hydrogen) atoms. The molecule has 2 aromatic carbocycles. The summed E-state index contributed by atoms with van der Waals surface area (Å²) in [6, 6.07) is 15.3. The molecule has 3 aliphatic rings. The van der Waals surface area contributed by atoms with Crippen molar-refractivity contribution in [2.75, 3.05) is 75.3 Å². The molecule has 1 N–H and O–H groups in total. The second kappa shape index (κ2) is 12.0. The number of likely N-dealkylation sites (N-methyl/N-ethyl adjacent to an activating group) is 1. The van der Waals surface area contributed by atoms with E-state index < -0.39 is 0 Å². The normalized spacial score (nSPS) is 21.1. The molecule has 6 rings (SSSR count). The molecule has 0 spiro atoms. The van der Waals surface area contributed by atoms with Crippen LogP contribution in [0.3, 0.4) is 0 Å². The lowest BCUT2D eigenvalue weighted by Crippen LogP contribution is -2.52. The molecule has 0 amide bonds. The maximum Gasteiger partial charge on any atom is 0.158 e. The Labute approximate surface area is 235 Å². The quantitative estimate of drug-likeness (QED) is 0.462. The van der Waals surface area contributed by atoms with Crippen LogP contribution in [0.15, 0.2) is 54.9 Å². The van der Waals surface area contributed by atoms with Gasteiger partial charge in [-0.05, 0) is 49.7 Å². The van der Waals surface area contributed by atoms with E-state index in [1.165, 1.54) is 63.2 Å². The maximum absolute atomic E-state index is 13.5. The van der Waals surface area contributed by atoms with Crippen LogP contribution in [0.5, 0.6) is 5.75 Å². The van der Waals surface area contributed by atoms with Gasteiger partial charge < -0.3 is 19.9 Å². The van der Waals surface area contributed by atoms with Crippen LogP contribution in [0.25, 0.3) is 0 Å². The van der Waals surface area contributed by atoms with Crippen LogP contribution >= 0.6 is 0 Å². The molecular weight excluding hydrogens is 509 g/mol. The third kappa shape index (κ3) is 5.84. The van der Waals surface area contributed by atoms with E-state index >= 15 is 0 Å². The van der Waals surface area contributed by atoms with Crippen LogP contribution in [-0.2, 0) is 4.84 Å². The zero-order chi connectivity index (χ0) is 27.5. The number of ether oxygens (including phenoxy) is 1. The van der Waals surface area contributed by atoms with Crippen LogP contribution in [0.4, 0.5) is 27.4 Å². The number of rotatable bonds is 7. The van der Waals surface area contributed by atoms with E-state index in [4.69, 9.17) is 9.57 Å². The lowest BCUT2D eigenvalue weighted by atomic mass is 10.0. The number of benzene rings is 2. The summed E-state index contributed by atoms with van der Waals surface area (Å²) < 4.78 is 19.2. The zero-order valence-electron chi connectivity index (χ0n) is 23.3. The van der Waals surface area contributed by atoms with Gasteiger partial charge in [-0.15, -0.1) is 0 Å². The number of hydrogen-bond donors (Lipinski definition) is 1. The van der Waals surface area contributed by atoms with Crippen molar-refractivity contribution in [3.63, 3.8) is 0 Å². The number of nitrogens with zero attached hydrogens (tertiary/aromatic N) is 6. The van der Waals surface area contributed by atoms with E-state index in [9.17, 15) is 4.39 Å². The van der Waals surface area contributed by atoms with Gasteiger partial charge >= 0.3 is 0 Å². The van der Waals surface area contributed by atoms with E-state index in [1.807, 2.05) is 6.07 Å². The SMILES string of the molecule is COc1cc(N2CCC(N3CCN(C)CC3)CC2)ccc1Nc1cc(N2OCCC2c2ccc(F)cc2)ncn1. The minimum Gasteiger partial charge on any atom is -0.494 e. The molecule has 3 aliphatic heterocycles.